The molecule has 1 aromatic carbocycles. The third-order valence-corrected chi connectivity index (χ3v) is 7.73. The lowest BCUT2D eigenvalue weighted by molar-refractivity contribution is -0.153. The third kappa shape index (κ3) is 3.82. The number of hydrogen-bond acceptors (Lipinski definition) is 5. The number of hydrogen-bond donors (Lipinski definition) is 1. The molecule has 28 heavy (non-hydrogen) atoms. The molecule has 0 spiro atoms. The van der Waals surface area contributed by atoms with E-state index >= 15 is 0 Å². The van der Waals surface area contributed by atoms with E-state index in [4.69, 9.17) is 4.74 Å². The van der Waals surface area contributed by atoms with E-state index in [1.165, 1.54) is 44.1 Å². The van der Waals surface area contributed by atoms with Crippen LogP contribution in [0.25, 0.3) is 0 Å². The van der Waals surface area contributed by atoms with Gasteiger partial charge < -0.3 is 10.1 Å². The van der Waals surface area contributed by atoms with Crippen LogP contribution in [-0.2, 0) is 16.1 Å². The Morgan fingerprint density at radius 2 is 1.79 bits per heavy atom. The molecule has 0 radical (unpaired) electrons. The van der Waals surface area contributed by atoms with Gasteiger partial charge in [-0.3, -0.25) is 4.79 Å². The van der Waals surface area contributed by atoms with Gasteiger partial charge >= 0.3 is 5.97 Å². The van der Waals surface area contributed by atoms with Gasteiger partial charge in [0.25, 0.3) is 0 Å². The molecule has 4 saturated carbocycles. The molecule has 4 bridgehead atoms. The Morgan fingerprint density at radius 3 is 2.43 bits per heavy atom. The molecule has 4 aliphatic carbocycles. The second-order valence-electron chi connectivity index (χ2n) is 9.39. The SMILES string of the molecule is Cc1ccc(Nc2nc(COC(=O)CC34CC5CC(CC(C5)C3)C4)cs2)cc1. The summed E-state index contributed by atoms with van der Waals surface area (Å²) in [6.07, 6.45) is 8.56. The van der Waals surface area contributed by atoms with Gasteiger partial charge in [-0.05, 0) is 80.8 Å². The zero-order valence-electron chi connectivity index (χ0n) is 16.4. The zero-order valence-corrected chi connectivity index (χ0v) is 17.3. The zero-order chi connectivity index (χ0) is 19.1. The highest BCUT2D eigenvalue weighted by Crippen LogP contribution is 2.61. The predicted octanol–water partition coefficient (Wildman–Crippen LogP) is 5.84. The third-order valence-electron chi connectivity index (χ3n) is 6.92. The second kappa shape index (κ2) is 7.18. The van der Waals surface area contributed by atoms with Gasteiger partial charge in [-0.1, -0.05) is 17.7 Å². The average Bonchev–Trinajstić information content (AvgIpc) is 3.08. The maximum atomic E-state index is 12.6. The smallest absolute Gasteiger partial charge is 0.306 e. The van der Waals surface area contributed by atoms with E-state index in [0.29, 0.717) is 6.42 Å². The Balaban J connectivity index is 1.14. The Hall–Kier alpha value is -1.88. The van der Waals surface area contributed by atoms with E-state index in [0.717, 1.165) is 34.3 Å². The van der Waals surface area contributed by atoms with Crippen LogP contribution in [0.5, 0.6) is 0 Å². The summed E-state index contributed by atoms with van der Waals surface area (Å²) < 4.78 is 5.62. The van der Waals surface area contributed by atoms with Crippen LogP contribution >= 0.6 is 11.3 Å². The van der Waals surface area contributed by atoms with Crippen molar-refractivity contribution in [3.8, 4) is 0 Å². The predicted molar refractivity (Wildman–Crippen MR) is 112 cm³/mol. The molecule has 2 aromatic rings. The first-order valence-electron chi connectivity index (χ1n) is 10.5. The number of thiazole rings is 1. The number of benzene rings is 1. The van der Waals surface area contributed by atoms with Crippen molar-refractivity contribution in [2.75, 3.05) is 5.32 Å². The highest BCUT2D eigenvalue weighted by atomic mass is 32.1. The van der Waals surface area contributed by atoms with Gasteiger partial charge in [-0.2, -0.15) is 0 Å². The summed E-state index contributed by atoms with van der Waals surface area (Å²) >= 11 is 1.54. The number of nitrogens with one attached hydrogen (secondary N) is 1. The highest BCUT2D eigenvalue weighted by molar-refractivity contribution is 7.13. The topological polar surface area (TPSA) is 51.2 Å². The normalized spacial score (nSPS) is 30.4. The van der Waals surface area contributed by atoms with Crippen molar-refractivity contribution in [3.05, 3.63) is 40.9 Å². The Kier molecular flexibility index (Phi) is 4.66. The molecule has 6 rings (SSSR count). The molecular weight excluding hydrogens is 368 g/mol. The highest BCUT2D eigenvalue weighted by Gasteiger charge is 2.51. The van der Waals surface area contributed by atoms with Crippen molar-refractivity contribution < 1.29 is 9.53 Å². The van der Waals surface area contributed by atoms with E-state index in [9.17, 15) is 4.79 Å². The van der Waals surface area contributed by atoms with Crippen LogP contribution in [0.3, 0.4) is 0 Å². The van der Waals surface area contributed by atoms with Crippen molar-refractivity contribution in [1.29, 1.82) is 0 Å². The summed E-state index contributed by atoms with van der Waals surface area (Å²) in [7, 11) is 0. The molecule has 0 amide bonds. The van der Waals surface area contributed by atoms with Gasteiger partial charge in [0, 0.05) is 11.1 Å². The summed E-state index contributed by atoms with van der Waals surface area (Å²) in [6, 6.07) is 8.23. The van der Waals surface area contributed by atoms with Crippen molar-refractivity contribution in [1.82, 2.24) is 4.98 Å². The molecule has 4 aliphatic rings. The van der Waals surface area contributed by atoms with Crippen LogP contribution in [0.4, 0.5) is 10.8 Å². The second-order valence-corrected chi connectivity index (χ2v) is 10.2. The van der Waals surface area contributed by atoms with Gasteiger partial charge in [0.15, 0.2) is 5.13 Å². The van der Waals surface area contributed by atoms with E-state index in [2.05, 4.69) is 29.4 Å². The van der Waals surface area contributed by atoms with Gasteiger partial charge in [0.05, 0.1) is 12.1 Å². The first-order chi connectivity index (χ1) is 13.6. The minimum Gasteiger partial charge on any atom is -0.459 e. The van der Waals surface area contributed by atoms with Gasteiger partial charge in [0.2, 0.25) is 0 Å². The molecule has 0 atom stereocenters. The van der Waals surface area contributed by atoms with E-state index in [-0.39, 0.29) is 18.0 Å². The lowest BCUT2D eigenvalue weighted by atomic mass is 9.49. The maximum absolute atomic E-state index is 12.6. The van der Waals surface area contributed by atoms with E-state index in [1.54, 1.807) is 11.3 Å². The molecular formula is C23H28N2O2S. The molecule has 0 unspecified atom stereocenters. The Labute approximate surface area is 170 Å². The molecule has 0 saturated heterocycles. The molecule has 1 aromatic heterocycles. The van der Waals surface area contributed by atoms with Crippen LogP contribution in [0, 0.1) is 30.1 Å². The van der Waals surface area contributed by atoms with Crippen molar-refractivity contribution in [2.24, 2.45) is 23.2 Å². The molecule has 148 valence electrons. The van der Waals surface area contributed by atoms with E-state index in [1.807, 2.05) is 17.5 Å². The van der Waals surface area contributed by atoms with Gasteiger partial charge in [-0.15, -0.1) is 11.3 Å². The maximum Gasteiger partial charge on any atom is 0.306 e. The molecule has 4 fully saturated rings. The number of aromatic nitrogens is 1. The van der Waals surface area contributed by atoms with Crippen LogP contribution in [-0.4, -0.2) is 11.0 Å². The van der Waals surface area contributed by atoms with Gasteiger partial charge in [-0.25, -0.2) is 4.98 Å². The molecule has 0 aliphatic heterocycles. The fraction of sp³-hybridized carbons (Fsp3) is 0.565. The standard InChI is InChI=1S/C23H28N2O2S/c1-15-2-4-19(5-3-15)24-22-25-20(14-28-22)13-27-21(26)12-23-9-16-6-17(10-23)8-18(7-16)11-23/h2-5,14,16-18H,6-13H2,1H3,(H,24,25). The largest absolute Gasteiger partial charge is 0.459 e. The summed E-state index contributed by atoms with van der Waals surface area (Å²) in [4.78, 5) is 17.1. The fourth-order valence-corrected chi connectivity index (χ4v) is 6.92. The summed E-state index contributed by atoms with van der Waals surface area (Å²) in [6.45, 7) is 2.35. The fourth-order valence-electron chi connectivity index (χ4n) is 6.21. The minimum absolute atomic E-state index is 0.0389. The van der Waals surface area contributed by atoms with Crippen molar-refractivity contribution >= 4 is 28.1 Å². The first-order valence-corrected chi connectivity index (χ1v) is 11.4. The monoisotopic (exact) mass is 396 g/mol. The number of nitrogens with zero attached hydrogens (tertiary/aromatic N) is 1. The molecule has 1 N–H and O–H groups in total. The number of carbonyl (C=O) groups is 1. The number of ether oxygens (including phenoxy) is 1. The van der Waals surface area contributed by atoms with Crippen LogP contribution in [0.2, 0.25) is 0 Å². The number of carbonyl (C=O) groups excluding carboxylic acids is 1. The van der Waals surface area contributed by atoms with Crippen molar-refractivity contribution in [2.45, 2.75) is 58.5 Å². The molecule has 1 heterocycles. The average molecular weight is 397 g/mol. The minimum atomic E-state index is -0.0389. The molecule has 4 nitrogen and oxygen atoms in total. The molecule has 5 heteroatoms. The van der Waals surface area contributed by atoms with Crippen molar-refractivity contribution in [3.63, 3.8) is 0 Å². The lowest BCUT2D eigenvalue weighted by Crippen LogP contribution is -2.47. The number of anilines is 2. The summed E-state index contributed by atoms with van der Waals surface area (Å²) in [5.74, 6) is 2.57. The summed E-state index contributed by atoms with van der Waals surface area (Å²) in [5, 5.41) is 6.11. The van der Waals surface area contributed by atoms with Crippen LogP contribution < -0.4 is 5.32 Å². The first kappa shape index (κ1) is 18.2. The van der Waals surface area contributed by atoms with Crippen LogP contribution in [0.15, 0.2) is 29.6 Å². The number of rotatable bonds is 6. The van der Waals surface area contributed by atoms with Crippen LogP contribution in [0.1, 0.15) is 56.2 Å². The number of aryl methyl sites for hydroxylation is 1. The van der Waals surface area contributed by atoms with Gasteiger partial charge in [0.1, 0.15) is 6.61 Å². The number of esters is 1. The Bertz CT molecular complexity index is 822. The lowest BCUT2D eigenvalue weighted by Gasteiger charge is -2.56. The van der Waals surface area contributed by atoms with E-state index < -0.39 is 0 Å². The quantitative estimate of drug-likeness (QED) is 0.623. The summed E-state index contributed by atoms with van der Waals surface area (Å²) in [5.41, 5.74) is 3.31. The Morgan fingerprint density at radius 1 is 1.14 bits per heavy atom.